The van der Waals surface area contributed by atoms with Crippen molar-refractivity contribution in [2.45, 2.75) is 9.79 Å². The van der Waals surface area contributed by atoms with E-state index in [2.05, 4.69) is 12.1 Å². The van der Waals surface area contributed by atoms with Crippen molar-refractivity contribution >= 4 is 22.0 Å². The highest BCUT2D eigenvalue weighted by molar-refractivity contribution is 7.99. The Hall–Kier alpha value is -1.26. The highest BCUT2D eigenvalue weighted by Crippen LogP contribution is 2.29. The van der Waals surface area contributed by atoms with Gasteiger partial charge in [-0.05, 0) is 36.4 Å². The van der Waals surface area contributed by atoms with Gasteiger partial charge >= 0.3 is 0 Å². The van der Waals surface area contributed by atoms with E-state index in [9.17, 15) is 4.21 Å². The second-order valence-corrected chi connectivity index (χ2v) is 7.71. The predicted molar refractivity (Wildman–Crippen MR) is 77.5 cm³/mol. The van der Waals surface area contributed by atoms with Gasteiger partial charge in [0, 0.05) is 9.79 Å². The van der Waals surface area contributed by atoms with Crippen LogP contribution in [0.2, 0.25) is 0 Å². The van der Waals surface area contributed by atoms with Gasteiger partial charge in [0.1, 0.15) is 12.5 Å². The lowest BCUT2D eigenvalue weighted by Gasteiger charge is -2.04. The van der Waals surface area contributed by atoms with E-state index in [1.165, 1.54) is 4.90 Å². The molecule has 0 saturated carbocycles. The Morgan fingerprint density at radius 2 is 1.44 bits per heavy atom. The van der Waals surface area contributed by atoms with Gasteiger partial charge in [-0.25, -0.2) is 0 Å². The number of hydrogen-bond acceptors (Lipinski definition) is 3. The molecule has 0 fully saturated rings. The summed E-state index contributed by atoms with van der Waals surface area (Å²) in [5.74, 6) is 0.641. The van der Waals surface area contributed by atoms with Crippen LogP contribution in [-0.4, -0.2) is 12.5 Å². The van der Waals surface area contributed by atoms with Crippen LogP contribution in [0.5, 0.6) is 5.75 Å². The molecule has 0 aliphatic carbocycles. The van der Waals surface area contributed by atoms with Crippen LogP contribution in [0.4, 0.5) is 0 Å². The second-order valence-electron chi connectivity index (χ2n) is 4.11. The van der Waals surface area contributed by atoms with E-state index in [0.29, 0.717) is 5.75 Å². The highest BCUT2D eigenvalue weighted by atomic mass is 32.3. The van der Waals surface area contributed by atoms with Crippen LogP contribution in [0.3, 0.4) is 0 Å². The summed E-state index contributed by atoms with van der Waals surface area (Å²) in [5, 5.41) is 0. The molecule has 2 rings (SSSR count). The molecule has 0 bridgehead atoms. The van der Waals surface area contributed by atoms with Gasteiger partial charge in [0.05, 0.1) is 0 Å². The minimum atomic E-state index is -2.21. The summed E-state index contributed by atoms with van der Waals surface area (Å²) in [7, 11) is -2.21. The van der Waals surface area contributed by atoms with E-state index in [1.807, 2.05) is 42.5 Å². The lowest BCUT2D eigenvalue weighted by Crippen LogP contribution is -2.13. The first kappa shape index (κ1) is 13.2. The zero-order chi connectivity index (χ0) is 13.0. The maximum atomic E-state index is 11.5. The molecule has 0 N–H and O–H groups in total. The van der Waals surface area contributed by atoms with Crippen molar-refractivity contribution in [2.75, 3.05) is 12.5 Å². The molecule has 0 amide bonds. The summed E-state index contributed by atoms with van der Waals surface area (Å²) in [6, 6.07) is 17.8. The Labute approximate surface area is 113 Å². The molecule has 2 aromatic rings. The maximum absolute atomic E-state index is 11.5. The molecule has 0 atom stereocenters. The van der Waals surface area contributed by atoms with Crippen LogP contribution in [-0.2, 0) is 14.4 Å². The first-order chi connectivity index (χ1) is 8.53. The van der Waals surface area contributed by atoms with Gasteiger partial charge in [-0.3, -0.25) is 4.18 Å². The molecule has 0 aliphatic heterocycles. The van der Waals surface area contributed by atoms with E-state index in [-0.39, 0.29) is 0 Å². The molecular formula is C14H15O2S2+. The van der Waals surface area contributed by atoms with E-state index in [1.54, 1.807) is 24.3 Å². The molecular weight excluding hydrogens is 264 g/mol. The molecule has 0 aliphatic rings. The molecule has 0 radical (unpaired) electrons. The molecule has 18 heavy (non-hydrogen) atoms. The van der Waals surface area contributed by atoms with Gasteiger partial charge in [-0.15, -0.1) is 0 Å². The minimum absolute atomic E-state index is 0.641. The second kappa shape index (κ2) is 5.59. The highest BCUT2D eigenvalue weighted by Gasteiger charge is 2.14. The first-order valence-corrected chi connectivity index (χ1v) is 8.61. The van der Waals surface area contributed by atoms with E-state index in [0.717, 1.165) is 4.90 Å². The lowest BCUT2D eigenvalue weighted by atomic mass is 10.3. The van der Waals surface area contributed by atoms with Crippen LogP contribution in [0.15, 0.2) is 64.4 Å². The fourth-order valence-corrected chi connectivity index (χ4v) is 2.83. The summed E-state index contributed by atoms with van der Waals surface area (Å²) >= 11 is 1.69. The summed E-state index contributed by atoms with van der Waals surface area (Å²) in [6.07, 6.45) is 3.17. The van der Waals surface area contributed by atoms with E-state index >= 15 is 0 Å². The van der Waals surface area contributed by atoms with Crippen molar-refractivity contribution in [3.8, 4) is 5.75 Å². The summed E-state index contributed by atoms with van der Waals surface area (Å²) in [5.41, 5.74) is 0. The monoisotopic (exact) mass is 279 g/mol. The zero-order valence-electron chi connectivity index (χ0n) is 10.3. The largest absolute Gasteiger partial charge is 0.287 e. The molecule has 0 aromatic heterocycles. The summed E-state index contributed by atoms with van der Waals surface area (Å²) in [6.45, 7) is 0. The smallest absolute Gasteiger partial charge is 0.253 e. The quantitative estimate of drug-likeness (QED) is 0.794. The molecule has 94 valence electrons. The standard InChI is InChI=1S/C14H15O2S2/c1-18(2,15)16-12-8-10-14(11-9-12)17-13-6-4-3-5-7-13/h3-11H,1-2H3/q+1. The topological polar surface area (TPSA) is 26.3 Å². The van der Waals surface area contributed by atoms with Crippen LogP contribution in [0.25, 0.3) is 0 Å². The Morgan fingerprint density at radius 1 is 0.889 bits per heavy atom. The number of rotatable bonds is 4. The van der Waals surface area contributed by atoms with Crippen molar-refractivity contribution in [3.63, 3.8) is 0 Å². The average Bonchev–Trinajstić information content (AvgIpc) is 2.31. The van der Waals surface area contributed by atoms with Gasteiger partial charge in [0.25, 0.3) is 10.2 Å². The van der Waals surface area contributed by atoms with Gasteiger partial charge in [-0.1, -0.05) is 34.2 Å². The normalized spacial score (nSPS) is 11.2. The van der Waals surface area contributed by atoms with Gasteiger partial charge in [0.15, 0.2) is 5.75 Å². The third kappa shape index (κ3) is 4.20. The van der Waals surface area contributed by atoms with Crippen LogP contribution < -0.4 is 4.18 Å². The van der Waals surface area contributed by atoms with E-state index in [4.69, 9.17) is 4.18 Å². The fourth-order valence-electron chi connectivity index (χ4n) is 1.42. The van der Waals surface area contributed by atoms with E-state index < -0.39 is 10.2 Å². The Kier molecular flexibility index (Phi) is 4.09. The van der Waals surface area contributed by atoms with Crippen molar-refractivity contribution in [2.24, 2.45) is 0 Å². The summed E-state index contributed by atoms with van der Waals surface area (Å²) < 4.78 is 16.8. The zero-order valence-corrected chi connectivity index (χ0v) is 12.0. The minimum Gasteiger partial charge on any atom is -0.287 e. The third-order valence-electron chi connectivity index (χ3n) is 2.10. The Balaban J connectivity index is 2.06. The number of hydrogen-bond donors (Lipinski definition) is 0. The van der Waals surface area contributed by atoms with Crippen LogP contribution in [0.1, 0.15) is 0 Å². The Morgan fingerprint density at radius 3 is 2.00 bits per heavy atom. The van der Waals surface area contributed by atoms with Crippen molar-refractivity contribution < 1.29 is 8.39 Å². The molecule has 0 heterocycles. The van der Waals surface area contributed by atoms with Crippen LogP contribution in [0, 0.1) is 0 Å². The average molecular weight is 279 g/mol. The summed E-state index contributed by atoms with van der Waals surface area (Å²) in [4.78, 5) is 2.33. The molecule has 2 aromatic carbocycles. The van der Waals surface area contributed by atoms with Crippen molar-refractivity contribution in [1.82, 2.24) is 0 Å². The third-order valence-corrected chi connectivity index (χ3v) is 3.71. The number of benzene rings is 2. The molecule has 0 spiro atoms. The Bertz CT molecular complexity index is 544. The fraction of sp³-hybridized carbons (Fsp3) is 0.143. The molecule has 0 saturated heterocycles. The molecule has 2 nitrogen and oxygen atoms in total. The van der Waals surface area contributed by atoms with Crippen molar-refractivity contribution in [1.29, 1.82) is 0 Å². The van der Waals surface area contributed by atoms with Crippen LogP contribution >= 0.6 is 11.8 Å². The molecule has 4 heteroatoms. The first-order valence-electron chi connectivity index (χ1n) is 5.49. The van der Waals surface area contributed by atoms with Gasteiger partial charge < -0.3 is 0 Å². The van der Waals surface area contributed by atoms with Crippen molar-refractivity contribution in [3.05, 3.63) is 54.6 Å². The lowest BCUT2D eigenvalue weighted by molar-refractivity contribution is 0.510. The predicted octanol–water partition coefficient (Wildman–Crippen LogP) is 3.89. The SMILES string of the molecule is C[S+](C)(=O)Oc1ccc(Sc2ccccc2)cc1. The van der Waals surface area contributed by atoms with Gasteiger partial charge in [0.2, 0.25) is 0 Å². The maximum Gasteiger partial charge on any atom is 0.253 e. The molecule has 0 unspecified atom stereocenters. The van der Waals surface area contributed by atoms with Gasteiger partial charge in [-0.2, -0.15) is 0 Å².